The van der Waals surface area contributed by atoms with Gasteiger partial charge < -0.3 is 10.1 Å². The lowest BCUT2D eigenvalue weighted by Gasteiger charge is -2.18. The highest BCUT2D eigenvalue weighted by molar-refractivity contribution is 5.83. The first-order chi connectivity index (χ1) is 3.79. The van der Waals surface area contributed by atoms with Gasteiger partial charge >= 0.3 is 0 Å². The van der Waals surface area contributed by atoms with E-state index in [1.165, 1.54) is 0 Å². The molecule has 0 bridgehead atoms. The Labute approximate surface area is 49.4 Å². The average Bonchev–Trinajstić information content (AvgIpc) is 1.64. The van der Waals surface area contributed by atoms with E-state index in [4.69, 9.17) is 10.1 Å². The highest BCUT2D eigenvalue weighted by atomic mass is 16.5. The number of hydrogen-bond donors (Lipinski definition) is 1. The van der Waals surface area contributed by atoms with Gasteiger partial charge in [0.15, 0.2) is 0 Å². The van der Waals surface area contributed by atoms with E-state index in [0.29, 0.717) is 12.5 Å². The molecule has 0 aromatic carbocycles. The maximum atomic E-state index is 7.19. The lowest BCUT2D eigenvalue weighted by atomic mass is 10.0. The quantitative estimate of drug-likeness (QED) is 0.500. The SMILES string of the molecule is CC1COCC(=N)C1. The minimum absolute atomic E-state index is 0.560. The average molecular weight is 113 g/mol. The lowest BCUT2D eigenvalue weighted by Crippen LogP contribution is -2.22. The van der Waals surface area contributed by atoms with Crippen LogP contribution >= 0.6 is 0 Å². The third kappa shape index (κ3) is 1.30. The molecule has 0 amide bonds. The smallest absolute Gasteiger partial charge is 0.0841 e. The Bertz CT molecular complexity index is 101. The molecule has 0 radical (unpaired) electrons. The summed E-state index contributed by atoms with van der Waals surface area (Å²) in [4.78, 5) is 0. The predicted molar refractivity (Wildman–Crippen MR) is 32.3 cm³/mol. The Balaban J connectivity index is 2.34. The molecule has 0 aromatic heterocycles. The second kappa shape index (κ2) is 2.27. The van der Waals surface area contributed by atoms with Crippen LogP contribution in [0.25, 0.3) is 0 Å². The van der Waals surface area contributed by atoms with Crippen LogP contribution in [0, 0.1) is 11.3 Å². The van der Waals surface area contributed by atoms with Crippen molar-refractivity contribution in [1.29, 1.82) is 5.41 Å². The Hall–Kier alpha value is -0.370. The fraction of sp³-hybridized carbons (Fsp3) is 0.833. The molecule has 1 rings (SSSR count). The zero-order valence-electron chi connectivity index (χ0n) is 5.11. The van der Waals surface area contributed by atoms with Gasteiger partial charge in [-0.2, -0.15) is 0 Å². The molecule has 1 N–H and O–H groups in total. The molecule has 1 atom stereocenters. The Morgan fingerprint density at radius 1 is 1.75 bits per heavy atom. The molecule has 2 nitrogen and oxygen atoms in total. The van der Waals surface area contributed by atoms with Crippen LogP contribution in [0.5, 0.6) is 0 Å². The second-order valence-electron chi connectivity index (χ2n) is 2.43. The number of nitrogens with one attached hydrogen (secondary N) is 1. The standard InChI is InChI=1S/C6H11NO/c1-5-2-6(7)4-8-3-5/h5,7H,2-4H2,1H3. The molecule has 0 aromatic rings. The summed E-state index contributed by atoms with van der Waals surface area (Å²) >= 11 is 0. The van der Waals surface area contributed by atoms with Crippen molar-refractivity contribution in [1.82, 2.24) is 0 Å². The first kappa shape index (κ1) is 5.76. The van der Waals surface area contributed by atoms with E-state index in [-0.39, 0.29) is 0 Å². The highest BCUT2D eigenvalue weighted by Crippen LogP contribution is 2.08. The third-order valence-corrected chi connectivity index (χ3v) is 1.27. The molecule has 8 heavy (non-hydrogen) atoms. The van der Waals surface area contributed by atoms with Gasteiger partial charge in [-0.1, -0.05) is 6.92 Å². The summed E-state index contributed by atoms with van der Waals surface area (Å²) in [5.74, 6) is 0.566. The molecule has 0 saturated carbocycles. The molecule has 1 fully saturated rings. The van der Waals surface area contributed by atoms with Gasteiger partial charge in [0.25, 0.3) is 0 Å². The van der Waals surface area contributed by atoms with E-state index in [1.807, 2.05) is 0 Å². The predicted octanol–water partition coefficient (Wildman–Crippen LogP) is 1.06. The van der Waals surface area contributed by atoms with Crippen molar-refractivity contribution in [2.24, 2.45) is 5.92 Å². The number of ether oxygens (including phenoxy) is 1. The van der Waals surface area contributed by atoms with E-state index >= 15 is 0 Å². The molecule has 1 heterocycles. The van der Waals surface area contributed by atoms with Crippen LogP contribution < -0.4 is 0 Å². The van der Waals surface area contributed by atoms with Crippen LogP contribution in [-0.2, 0) is 4.74 Å². The van der Waals surface area contributed by atoms with Crippen LogP contribution in [0.1, 0.15) is 13.3 Å². The Kier molecular flexibility index (Phi) is 1.63. The maximum Gasteiger partial charge on any atom is 0.0841 e. The molecule has 1 unspecified atom stereocenters. The van der Waals surface area contributed by atoms with Crippen molar-refractivity contribution >= 4 is 5.71 Å². The van der Waals surface area contributed by atoms with Gasteiger partial charge in [-0.05, 0) is 12.3 Å². The fourth-order valence-corrected chi connectivity index (χ4v) is 0.922. The van der Waals surface area contributed by atoms with Gasteiger partial charge in [0, 0.05) is 12.3 Å². The second-order valence-corrected chi connectivity index (χ2v) is 2.43. The summed E-state index contributed by atoms with van der Waals surface area (Å²) in [6.07, 6.45) is 0.931. The zero-order valence-corrected chi connectivity index (χ0v) is 5.11. The van der Waals surface area contributed by atoms with Gasteiger partial charge in [-0.15, -0.1) is 0 Å². The van der Waals surface area contributed by atoms with Crippen molar-refractivity contribution in [3.63, 3.8) is 0 Å². The molecule has 1 aliphatic rings. The van der Waals surface area contributed by atoms with E-state index in [0.717, 1.165) is 18.7 Å². The summed E-state index contributed by atoms with van der Waals surface area (Å²) < 4.78 is 5.07. The van der Waals surface area contributed by atoms with Crippen molar-refractivity contribution in [2.45, 2.75) is 13.3 Å². The minimum Gasteiger partial charge on any atom is -0.375 e. The Morgan fingerprint density at radius 2 is 2.50 bits per heavy atom. The van der Waals surface area contributed by atoms with Gasteiger partial charge in [-0.3, -0.25) is 0 Å². The fourth-order valence-electron chi connectivity index (χ4n) is 0.922. The van der Waals surface area contributed by atoms with Crippen molar-refractivity contribution in [3.8, 4) is 0 Å². The molecular weight excluding hydrogens is 102 g/mol. The maximum absolute atomic E-state index is 7.19. The molecule has 0 spiro atoms. The molecule has 2 heteroatoms. The van der Waals surface area contributed by atoms with Crippen molar-refractivity contribution < 1.29 is 4.74 Å². The first-order valence-corrected chi connectivity index (χ1v) is 2.93. The third-order valence-electron chi connectivity index (χ3n) is 1.27. The molecule has 1 saturated heterocycles. The van der Waals surface area contributed by atoms with E-state index in [2.05, 4.69) is 6.92 Å². The minimum atomic E-state index is 0.560. The van der Waals surface area contributed by atoms with Crippen LogP contribution in [0.3, 0.4) is 0 Å². The highest BCUT2D eigenvalue weighted by Gasteiger charge is 2.11. The van der Waals surface area contributed by atoms with E-state index in [9.17, 15) is 0 Å². The normalized spacial score (nSPS) is 30.6. The van der Waals surface area contributed by atoms with Crippen LogP contribution in [0.15, 0.2) is 0 Å². The zero-order chi connectivity index (χ0) is 5.98. The van der Waals surface area contributed by atoms with E-state index < -0.39 is 0 Å². The number of rotatable bonds is 0. The largest absolute Gasteiger partial charge is 0.375 e. The lowest BCUT2D eigenvalue weighted by molar-refractivity contribution is 0.119. The first-order valence-electron chi connectivity index (χ1n) is 2.93. The van der Waals surface area contributed by atoms with Gasteiger partial charge in [0.1, 0.15) is 0 Å². The van der Waals surface area contributed by atoms with Crippen LogP contribution in [0.4, 0.5) is 0 Å². The van der Waals surface area contributed by atoms with Crippen LogP contribution in [-0.4, -0.2) is 18.9 Å². The van der Waals surface area contributed by atoms with Crippen LogP contribution in [0.2, 0.25) is 0 Å². The molecule has 1 aliphatic heterocycles. The summed E-state index contributed by atoms with van der Waals surface area (Å²) in [5, 5.41) is 7.19. The molecule has 46 valence electrons. The van der Waals surface area contributed by atoms with Crippen molar-refractivity contribution in [2.75, 3.05) is 13.2 Å². The van der Waals surface area contributed by atoms with E-state index in [1.54, 1.807) is 0 Å². The summed E-state index contributed by atoms with van der Waals surface area (Å²) in [7, 11) is 0. The van der Waals surface area contributed by atoms with Crippen molar-refractivity contribution in [3.05, 3.63) is 0 Å². The van der Waals surface area contributed by atoms with Gasteiger partial charge in [0.2, 0.25) is 0 Å². The Morgan fingerprint density at radius 3 is 2.88 bits per heavy atom. The monoisotopic (exact) mass is 113 g/mol. The summed E-state index contributed by atoms with van der Waals surface area (Å²) in [6, 6.07) is 0. The topological polar surface area (TPSA) is 33.1 Å². The summed E-state index contributed by atoms with van der Waals surface area (Å²) in [5.41, 5.74) is 0.740. The molecule has 0 aliphatic carbocycles. The van der Waals surface area contributed by atoms with Gasteiger partial charge in [-0.25, -0.2) is 0 Å². The summed E-state index contributed by atoms with van der Waals surface area (Å²) in [6.45, 7) is 3.50. The molecular formula is C6H11NO. The number of hydrogen-bond acceptors (Lipinski definition) is 2. The van der Waals surface area contributed by atoms with Gasteiger partial charge in [0.05, 0.1) is 6.61 Å².